The number of carbonyl (C=O) groups excluding carboxylic acids is 3. The Bertz CT molecular complexity index is 1450. The molecule has 0 radical (unpaired) electrons. The molecule has 0 aliphatic rings. The van der Waals surface area contributed by atoms with Gasteiger partial charge in [-0.25, -0.2) is 0 Å². The first-order chi connectivity index (χ1) is 33.5. The molecule has 0 aromatic rings. The summed E-state index contributed by atoms with van der Waals surface area (Å²) in [5, 5.41) is 0. The van der Waals surface area contributed by atoms with Gasteiger partial charge in [0, 0.05) is 19.3 Å². The van der Waals surface area contributed by atoms with Crippen LogP contribution in [-0.2, 0) is 28.6 Å². The number of allylic oxidation sites excluding steroid dienone is 20. The molecule has 1 unspecified atom stereocenters. The minimum atomic E-state index is -0.830. The van der Waals surface area contributed by atoms with E-state index in [1.54, 1.807) is 0 Å². The number of carbonyl (C=O) groups is 3. The van der Waals surface area contributed by atoms with Crippen LogP contribution in [0.1, 0.15) is 233 Å². The van der Waals surface area contributed by atoms with Crippen molar-refractivity contribution in [1.82, 2.24) is 0 Å². The molecular formula is C62H100O6. The molecule has 0 bridgehead atoms. The molecule has 0 aliphatic heterocycles. The second-order valence-electron chi connectivity index (χ2n) is 17.9. The molecule has 0 aromatic heterocycles. The maximum atomic E-state index is 12.8. The molecule has 0 saturated carbocycles. The normalized spacial score (nSPS) is 13.0. The third-order valence-corrected chi connectivity index (χ3v) is 11.3. The number of rotatable bonds is 48. The standard InChI is InChI=1S/C62H100O6/c1-4-7-10-13-16-19-22-25-28-31-34-37-40-43-46-49-52-55-61(64)67-58-59(57-66-60(63)54-51-48-45-42-39-36-33-30-27-24-21-18-15-12-9-6-3)68-62(65)56-53-50-47-44-41-38-35-32-29-26-23-20-17-14-11-8-5-2/h7,10,13,16,19,22,25-26,28-31,33-35,37-38,40,44,47,59H,4-6,8-9,11-12,14-15,17-18,20-21,23-24,27,32,36,39,41-43,45-46,48-58H2,1-3H3/b10-7-,16-13-,22-19-,28-25-,29-26-,33-30-,34-31+,38-35-,40-37-,47-44-. The Hall–Kier alpha value is -4.19. The molecular weight excluding hydrogens is 841 g/mol. The van der Waals surface area contributed by atoms with Crippen LogP contribution in [0.5, 0.6) is 0 Å². The zero-order valence-electron chi connectivity index (χ0n) is 43.8. The first kappa shape index (κ1) is 63.8. The molecule has 0 fully saturated rings. The van der Waals surface area contributed by atoms with E-state index in [-0.39, 0.29) is 37.5 Å². The van der Waals surface area contributed by atoms with E-state index in [1.165, 1.54) is 103 Å². The fraction of sp³-hybridized carbons (Fsp3) is 0.629. The lowest BCUT2D eigenvalue weighted by molar-refractivity contribution is -0.167. The van der Waals surface area contributed by atoms with Crippen molar-refractivity contribution in [2.45, 2.75) is 239 Å². The highest BCUT2D eigenvalue weighted by Gasteiger charge is 2.19. The monoisotopic (exact) mass is 941 g/mol. The van der Waals surface area contributed by atoms with Gasteiger partial charge in [0.2, 0.25) is 0 Å². The summed E-state index contributed by atoms with van der Waals surface area (Å²) in [5.74, 6) is -1.03. The van der Waals surface area contributed by atoms with Crippen molar-refractivity contribution in [2.24, 2.45) is 0 Å². The summed E-state index contributed by atoms with van der Waals surface area (Å²) in [5.41, 5.74) is 0. The van der Waals surface area contributed by atoms with E-state index in [1.807, 2.05) is 60.8 Å². The maximum Gasteiger partial charge on any atom is 0.306 e. The van der Waals surface area contributed by atoms with Crippen LogP contribution < -0.4 is 0 Å². The molecule has 384 valence electrons. The Morgan fingerprint density at radius 3 is 1.10 bits per heavy atom. The summed E-state index contributed by atoms with van der Waals surface area (Å²) in [6, 6.07) is 0. The molecule has 0 aromatic carbocycles. The molecule has 0 heterocycles. The van der Waals surface area contributed by atoms with Gasteiger partial charge in [0.05, 0.1) is 0 Å². The number of esters is 3. The van der Waals surface area contributed by atoms with Crippen molar-refractivity contribution in [1.29, 1.82) is 0 Å². The summed E-state index contributed by atoms with van der Waals surface area (Å²) in [7, 11) is 0. The second kappa shape index (κ2) is 55.4. The van der Waals surface area contributed by atoms with Crippen molar-refractivity contribution in [3.8, 4) is 0 Å². The Morgan fingerprint density at radius 2 is 0.647 bits per heavy atom. The largest absolute Gasteiger partial charge is 0.462 e. The zero-order valence-corrected chi connectivity index (χ0v) is 43.8. The molecule has 68 heavy (non-hydrogen) atoms. The van der Waals surface area contributed by atoms with Gasteiger partial charge in [0.25, 0.3) is 0 Å². The lowest BCUT2D eigenvalue weighted by atomic mass is 10.1. The van der Waals surface area contributed by atoms with Gasteiger partial charge >= 0.3 is 17.9 Å². The van der Waals surface area contributed by atoms with Gasteiger partial charge in [-0.15, -0.1) is 0 Å². The topological polar surface area (TPSA) is 78.9 Å². The summed E-state index contributed by atoms with van der Waals surface area (Å²) in [6.45, 7) is 6.39. The van der Waals surface area contributed by atoms with Gasteiger partial charge in [-0.2, -0.15) is 0 Å². The smallest absolute Gasteiger partial charge is 0.306 e. The molecule has 0 aliphatic carbocycles. The third kappa shape index (κ3) is 52.8. The quantitative estimate of drug-likeness (QED) is 0.0199. The number of ether oxygens (including phenoxy) is 3. The molecule has 0 amide bonds. The number of hydrogen-bond acceptors (Lipinski definition) is 6. The number of unbranched alkanes of at least 4 members (excludes halogenated alkanes) is 22. The minimum absolute atomic E-state index is 0.120. The Balaban J connectivity index is 4.59. The highest BCUT2D eigenvalue weighted by molar-refractivity contribution is 5.71. The van der Waals surface area contributed by atoms with E-state index < -0.39 is 6.10 Å². The van der Waals surface area contributed by atoms with Gasteiger partial charge in [0.1, 0.15) is 13.2 Å². The van der Waals surface area contributed by atoms with Crippen molar-refractivity contribution >= 4 is 17.9 Å². The van der Waals surface area contributed by atoms with E-state index in [2.05, 4.69) is 81.5 Å². The first-order valence-corrected chi connectivity index (χ1v) is 27.6. The molecule has 0 saturated heterocycles. The van der Waals surface area contributed by atoms with Crippen molar-refractivity contribution < 1.29 is 28.6 Å². The first-order valence-electron chi connectivity index (χ1n) is 27.6. The van der Waals surface area contributed by atoms with E-state index in [4.69, 9.17) is 14.2 Å². The number of hydrogen-bond donors (Lipinski definition) is 0. The molecule has 0 rings (SSSR count). The molecule has 1 atom stereocenters. The van der Waals surface area contributed by atoms with Crippen LogP contribution in [0.4, 0.5) is 0 Å². The minimum Gasteiger partial charge on any atom is -0.462 e. The average Bonchev–Trinajstić information content (AvgIpc) is 3.34. The van der Waals surface area contributed by atoms with Gasteiger partial charge in [0.15, 0.2) is 6.10 Å². The van der Waals surface area contributed by atoms with Crippen LogP contribution in [-0.4, -0.2) is 37.2 Å². The highest BCUT2D eigenvalue weighted by atomic mass is 16.6. The lowest BCUT2D eigenvalue weighted by Crippen LogP contribution is -2.30. The lowest BCUT2D eigenvalue weighted by Gasteiger charge is -2.18. The summed E-state index contributed by atoms with van der Waals surface area (Å²) < 4.78 is 16.7. The van der Waals surface area contributed by atoms with Gasteiger partial charge in [-0.3, -0.25) is 14.4 Å². The van der Waals surface area contributed by atoms with Crippen LogP contribution in [0, 0.1) is 0 Å². The second-order valence-corrected chi connectivity index (χ2v) is 17.9. The predicted molar refractivity (Wildman–Crippen MR) is 293 cm³/mol. The molecule has 0 spiro atoms. The Labute approximate surface area is 418 Å². The van der Waals surface area contributed by atoms with Crippen LogP contribution >= 0.6 is 0 Å². The summed E-state index contributed by atoms with van der Waals surface area (Å²) >= 11 is 0. The van der Waals surface area contributed by atoms with Crippen LogP contribution in [0.2, 0.25) is 0 Å². The summed E-state index contributed by atoms with van der Waals surface area (Å²) in [4.78, 5) is 38.1. The predicted octanol–water partition coefficient (Wildman–Crippen LogP) is 18.5. The third-order valence-electron chi connectivity index (χ3n) is 11.3. The van der Waals surface area contributed by atoms with Gasteiger partial charge in [-0.1, -0.05) is 239 Å². The zero-order chi connectivity index (χ0) is 49.3. The van der Waals surface area contributed by atoms with E-state index in [0.29, 0.717) is 19.3 Å². The fourth-order valence-electron chi connectivity index (χ4n) is 7.19. The highest BCUT2D eigenvalue weighted by Crippen LogP contribution is 2.13. The fourth-order valence-corrected chi connectivity index (χ4v) is 7.19. The van der Waals surface area contributed by atoms with Crippen molar-refractivity contribution in [3.05, 3.63) is 122 Å². The maximum absolute atomic E-state index is 12.8. The van der Waals surface area contributed by atoms with E-state index >= 15 is 0 Å². The molecule has 6 heteroatoms. The SMILES string of the molecule is CC\C=C/C=C\C=C/C=C\C=C\C=C/CCCCCC(=O)OCC(COC(=O)CCCCCCC/C=C\CCCCCCCCC)OC(=O)CCC/C=C\C/C=C\C/C=C\CCCCCCCC. The van der Waals surface area contributed by atoms with Gasteiger partial charge < -0.3 is 14.2 Å². The van der Waals surface area contributed by atoms with Crippen LogP contribution in [0.15, 0.2) is 122 Å². The van der Waals surface area contributed by atoms with Crippen LogP contribution in [0.25, 0.3) is 0 Å². The Morgan fingerprint density at radius 1 is 0.324 bits per heavy atom. The Kier molecular flexibility index (Phi) is 52.0. The average molecular weight is 941 g/mol. The molecule has 6 nitrogen and oxygen atoms in total. The molecule has 0 N–H and O–H groups in total. The summed E-state index contributed by atoms with van der Waals surface area (Å²) in [6.07, 6.45) is 76.1. The van der Waals surface area contributed by atoms with E-state index in [9.17, 15) is 14.4 Å². The van der Waals surface area contributed by atoms with Crippen LogP contribution in [0.3, 0.4) is 0 Å². The van der Waals surface area contributed by atoms with Crippen molar-refractivity contribution in [3.63, 3.8) is 0 Å². The van der Waals surface area contributed by atoms with Crippen molar-refractivity contribution in [2.75, 3.05) is 13.2 Å². The van der Waals surface area contributed by atoms with Gasteiger partial charge in [-0.05, 0) is 96.3 Å². The van der Waals surface area contributed by atoms with E-state index in [0.717, 1.165) is 83.5 Å².